The van der Waals surface area contributed by atoms with E-state index in [4.69, 9.17) is 14.0 Å². The summed E-state index contributed by atoms with van der Waals surface area (Å²) in [5.41, 5.74) is 0. The van der Waals surface area contributed by atoms with E-state index in [1.165, 1.54) is 0 Å². The van der Waals surface area contributed by atoms with Gasteiger partial charge in [-0.05, 0) is 12.8 Å². The summed E-state index contributed by atoms with van der Waals surface area (Å²) in [6.45, 7) is 5.12. The largest absolute Gasteiger partial charge is 0.465 e. The summed E-state index contributed by atoms with van der Waals surface area (Å²) in [6, 6.07) is 0. The highest BCUT2D eigenvalue weighted by atomic mass is 19.3. The van der Waals surface area contributed by atoms with E-state index in [1.54, 1.807) is 6.92 Å². The molecule has 0 radical (unpaired) electrons. The van der Waals surface area contributed by atoms with Crippen molar-refractivity contribution in [3.8, 4) is 0 Å². The molecule has 0 bridgehead atoms. The minimum absolute atomic E-state index is 0.0626. The topological polar surface area (TPSA) is 74.5 Å². The number of alkyl halides is 2. The molecule has 0 aliphatic carbocycles. The van der Waals surface area contributed by atoms with Gasteiger partial charge >= 0.3 is 5.97 Å². The molecule has 0 amide bonds. The zero-order chi connectivity index (χ0) is 15.8. The van der Waals surface area contributed by atoms with E-state index in [9.17, 15) is 13.6 Å². The van der Waals surface area contributed by atoms with Crippen LogP contribution >= 0.6 is 0 Å². The number of halogens is 2. The summed E-state index contributed by atoms with van der Waals surface area (Å²) in [4.78, 5) is 16.0. The van der Waals surface area contributed by atoms with Gasteiger partial charge in [0.15, 0.2) is 5.82 Å². The van der Waals surface area contributed by atoms with Gasteiger partial charge < -0.3 is 14.0 Å². The minimum Gasteiger partial charge on any atom is -0.465 e. The molecule has 1 aromatic heterocycles. The van der Waals surface area contributed by atoms with Crippen LogP contribution < -0.4 is 0 Å². The molecule has 8 heteroatoms. The van der Waals surface area contributed by atoms with Crippen LogP contribution in [0.3, 0.4) is 0 Å². The Morgan fingerprint density at radius 3 is 2.67 bits per heavy atom. The van der Waals surface area contributed by atoms with Gasteiger partial charge in [-0.2, -0.15) is 4.98 Å². The third kappa shape index (κ3) is 5.74. The molecule has 1 rings (SSSR count). The summed E-state index contributed by atoms with van der Waals surface area (Å²) >= 11 is 0. The molecule has 1 unspecified atom stereocenters. The molecular formula is C13H20F2N2O4. The second-order valence-corrected chi connectivity index (χ2v) is 4.74. The van der Waals surface area contributed by atoms with Crippen molar-refractivity contribution in [1.29, 1.82) is 0 Å². The van der Waals surface area contributed by atoms with Crippen LogP contribution in [0.4, 0.5) is 8.78 Å². The number of ether oxygens (including phenoxy) is 2. The average Bonchev–Trinajstić information content (AvgIpc) is 2.83. The quantitative estimate of drug-likeness (QED) is 0.514. The lowest BCUT2D eigenvalue weighted by molar-refractivity contribution is -0.146. The van der Waals surface area contributed by atoms with Gasteiger partial charge in [-0.15, -0.1) is 0 Å². The van der Waals surface area contributed by atoms with E-state index < -0.39 is 24.9 Å². The van der Waals surface area contributed by atoms with Crippen molar-refractivity contribution < 1.29 is 27.6 Å². The van der Waals surface area contributed by atoms with E-state index in [0.717, 1.165) is 0 Å². The fraction of sp³-hybridized carbons (Fsp3) is 0.769. The van der Waals surface area contributed by atoms with Gasteiger partial charge in [-0.25, -0.2) is 8.78 Å². The van der Waals surface area contributed by atoms with E-state index >= 15 is 0 Å². The molecule has 0 aliphatic heterocycles. The van der Waals surface area contributed by atoms with Crippen molar-refractivity contribution >= 4 is 5.97 Å². The third-order valence-corrected chi connectivity index (χ3v) is 2.67. The van der Waals surface area contributed by atoms with Gasteiger partial charge in [0.25, 0.3) is 6.43 Å². The fourth-order valence-electron chi connectivity index (χ4n) is 1.72. The first-order valence-electron chi connectivity index (χ1n) is 6.80. The lowest BCUT2D eigenvalue weighted by Crippen LogP contribution is -2.21. The molecule has 0 saturated carbocycles. The highest BCUT2D eigenvalue weighted by molar-refractivity contribution is 5.77. The van der Waals surface area contributed by atoms with E-state index in [0.29, 0.717) is 5.82 Å². The highest BCUT2D eigenvalue weighted by Gasteiger charge is 2.31. The zero-order valence-corrected chi connectivity index (χ0v) is 12.3. The van der Waals surface area contributed by atoms with Crippen molar-refractivity contribution in [2.75, 3.05) is 19.8 Å². The smallest absolute Gasteiger partial charge is 0.318 e. The Hall–Kier alpha value is -1.57. The molecule has 0 aromatic carbocycles. The fourth-order valence-corrected chi connectivity index (χ4v) is 1.72. The molecule has 0 aliphatic rings. The number of aromatic nitrogens is 2. The van der Waals surface area contributed by atoms with Crippen LogP contribution in [-0.4, -0.2) is 42.4 Å². The summed E-state index contributed by atoms with van der Waals surface area (Å²) in [7, 11) is 0. The number of nitrogens with zero attached hydrogens (tertiary/aromatic N) is 2. The maximum Gasteiger partial charge on any atom is 0.318 e. The minimum atomic E-state index is -2.50. The Kier molecular flexibility index (Phi) is 7.21. The summed E-state index contributed by atoms with van der Waals surface area (Å²) in [5, 5.41) is 3.72. The summed E-state index contributed by atoms with van der Waals surface area (Å²) < 4.78 is 38.6. The van der Waals surface area contributed by atoms with E-state index in [1.807, 2.05) is 13.8 Å². The lowest BCUT2D eigenvalue weighted by Gasteiger charge is -2.14. The Morgan fingerprint density at radius 2 is 2.10 bits per heavy atom. The molecule has 1 heterocycles. The van der Waals surface area contributed by atoms with Crippen molar-refractivity contribution in [2.24, 2.45) is 5.92 Å². The van der Waals surface area contributed by atoms with Crippen LogP contribution in [-0.2, 0) is 20.7 Å². The molecule has 0 spiro atoms. The van der Waals surface area contributed by atoms with Crippen LogP contribution in [0.1, 0.15) is 38.4 Å². The monoisotopic (exact) mass is 306 g/mol. The Bertz CT molecular complexity index is 438. The molecular weight excluding hydrogens is 286 g/mol. The van der Waals surface area contributed by atoms with Gasteiger partial charge in [0.05, 0.1) is 13.2 Å². The first-order valence-corrected chi connectivity index (χ1v) is 6.80. The second-order valence-electron chi connectivity index (χ2n) is 4.74. The van der Waals surface area contributed by atoms with Gasteiger partial charge in [0, 0.05) is 6.42 Å². The predicted molar refractivity (Wildman–Crippen MR) is 69.0 cm³/mol. The average molecular weight is 306 g/mol. The molecule has 1 atom stereocenters. The molecule has 6 nitrogen and oxygen atoms in total. The number of carbonyl (C=O) groups is 1. The first kappa shape index (κ1) is 17.5. The standard InChI is InChI=1S/C13H20F2N2O4/c1-4-20-13(18)11(8(2)3)12-16-10(17-21-12)5-6-19-7-9(14)15/h8-9,11H,4-7H2,1-3H3. The SMILES string of the molecule is CCOC(=O)C(c1nc(CCOCC(F)F)no1)C(C)C. The number of esters is 1. The maximum atomic E-state index is 11.9. The van der Waals surface area contributed by atoms with E-state index in [-0.39, 0.29) is 31.4 Å². The lowest BCUT2D eigenvalue weighted by atomic mass is 9.96. The predicted octanol–water partition coefficient (Wildman–Crippen LogP) is 2.20. The van der Waals surface area contributed by atoms with Crippen molar-refractivity contribution in [3.63, 3.8) is 0 Å². The Morgan fingerprint density at radius 1 is 1.38 bits per heavy atom. The van der Waals surface area contributed by atoms with Crippen LogP contribution in [0, 0.1) is 5.92 Å². The summed E-state index contributed by atoms with van der Waals surface area (Å²) in [5.74, 6) is -0.626. The molecule has 21 heavy (non-hydrogen) atoms. The van der Waals surface area contributed by atoms with Crippen LogP contribution in [0.5, 0.6) is 0 Å². The van der Waals surface area contributed by atoms with Crippen molar-refractivity contribution in [2.45, 2.75) is 39.5 Å². The molecule has 1 aromatic rings. The molecule has 0 fully saturated rings. The zero-order valence-electron chi connectivity index (χ0n) is 12.3. The Labute approximate surface area is 121 Å². The van der Waals surface area contributed by atoms with Crippen LogP contribution in [0.15, 0.2) is 4.52 Å². The van der Waals surface area contributed by atoms with Crippen molar-refractivity contribution in [3.05, 3.63) is 11.7 Å². The van der Waals surface area contributed by atoms with Crippen LogP contribution in [0.2, 0.25) is 0 Å². The second kappa shape index (κ2) is 8.66. The van der Waals surface area contributed by atoms with Gasteiger partial charge in [0.2, 0.25) is 5.89 Å². The van der Waals surface area contributed by atoms with Gasteiger partial charge in [-0.1, -0.05) is 19.0 Å². The first-order chi connectivity index (χ1) is 9.95. The number of carbonyl (C=O) groups excluding carboxylic acids is 1. The van der Waals surface area contributed by atoms with Gasteiger partial charge in [0.1, 0.15) is 12.5 Å². The number of hydrogen-bond acceptors (Lipinski definition) is 6. The molecule has 0 saturated heterocycles. The molecule has 0 N–H and O–H groups in total. The number of hydrogen-bond donors (Lipinski definition) is 0. The normalized spacial score (nSPS) is 12.9. The Balaban J connectivity index is 2.60. The number of rotatable bonds is 9. The van der Waals surface area contributed by atoms with E-state index in [2.05, 4.69) is 10.1 Å². The van der Waals surface area contributed by atoms with Crippen LogP contribution in [0.25, 0.3) is 0 Å². The third-order valence-electron chi connectivity index (χ3n) is 2.67. The van der Waals surface area contributed by atoms with Gasteiger partial charge in [-0.3, -0.25) is 4.79 Å². The van der Waals surface area contributed by atoms with Crippen molar-refractivity contribution in [1.82, 2.24) is 10.1 Å². The highest BCUT2D eigenvalue weighted by Crippen LogP contribution is 2.24. The summed E-state index contributed by atoms with van der Waals surface area (Å²) in [6.07, 6.45) is -2.26. The molecule has 120 valence electrons. The maximum absolute atomic E-state index is 11.9.